The SMILES string of the molecule is Cc1cnc(NC(=O)c2cccc(S(=O)(=O)N3CCCc4ccccc43)c2)s1. The molecule has 1 aromatic heterocycles. The van der Waals surface area contributed by atoms with Gasteiger partial charge in [-0.25, -0.2) is 13.4 Å². The average molecular weight is 414 g/mol. The third-order valence-electron chi connectivity index (χ3n) is 4.59. The summed E-state index contributed by atoms with van der Waals surface area (Å²) in [6.45, 7) is 2.32. The highest BCUT2D eigenvalue weighted by atomic mass is 32.2. The zero-order valence-corrected chi connectivity index (χ0v) is 16.9. The minimum atomic E-state index is -3.76. The molecule has 1 aliphatic rings. The highest BCUT2D eigenvalue weighted by molar-refractivity contribution is 7.92. The first kappa shape index (κ1) is 18.6. The van der Waals surface area contributed by atoms with Crippen LogP contribution in [0.25, 0.3) is 0 Å². The second-order valence-electron chi connectivity index (χ2n) is 6.57. The van der Waals surface area contributed by atoms with Gasteiger partial charge in [-0.1, -0.05) is 24.3 Å². The van der Waals surface area contributed by atoms with E-state index in [2.05, 4.69) is 10.3 Å². The molecule has 0 aliphatic carbocycles. The number of nitrogens with one attached hydrogen (secondary N) is 1. The van der Waals surface area contributed by atoms with Crippen molar-refractivity contribution >= 4 is 38.1 Å². The van der Waals surface area contributed by atoms with Gasteiger partial charge in [-0.2, -0.15) is 0 Å². The molecule has 0 saturated carbocycles. The minimum Gasteiger partial charge on any atom is -0.298 e. The van der Waals surface area contributed by atoms with Crippen LogP contribution in [-0.4, -0.2) is 25.9 Å². The summed E-state index contributed by atoms with van der Waals surface area (Å²) in [4.78, 5) is 17.7. The molecule has 8 heteroatoms. The maximum atomic E-state index is 13.3. The summed E-state index contributed by atoms with van der Waals surface area (Å²) < 4.78 is 28.0. The van der Waals surface area contributed by atoms with E-state index < -0.39 is 10.0 Å². The first-order valence-electron chi connectivity index (χ1n) is 8.89. The van der Waals surface area contributed by atoms with Gasteiger partial charge in [0.1, 0.15) is 0 Å². The third kappa shape index (κ3) is 3.53. The molecular weight excluding hydrogens is 394 g/mol. The molecule has 2 heterocycles. The molecule has 0 saturated heterocycles. The summed E-state index contributed by atoms with van der Waals surface area (Å²) in [6.07, 6.45) is 3.30. The number of hydrogen-bond acceptors (Lipinski definition) is 5. The van der Waals surface area contributed by atoms with Crippen LogP contribution < -0.4 is 9.62 Å². The van der Waals surface area contributed by atoms with E-state index in [-0.39, 0.29) is 16.4 Å². The fourth-order valence-corrected chi connectivity index (χ4v) is 5.50. The van der Waals surface area contributed by atoms with Crippen LogP contribution >= 0.6 is 11.3 Å². The van der Waals surface area contributed by atoms with E-state index in [4.69, 9.17) is 0 Å². The number of amides is 1. The Morgan fingerprint density at radius 2 is 2.00 bits per heavy atom. The normalized spacial score (nSPS) is 13.8. The number of aryl methyl sites for hydroxylation is 2. The fourth-order valence-electron chi connectivity index (χ4n) is 3.26. The summed E-state index contributed by atoms with van der Waals surface area (Å²) in [7, 11) is -3.76. The van der Waals surface area contributed by atoms with Gasteiger partial charge in [0.25, 0.3) is 15.9 Å². The van der Waals surface area contributed by atoms with Crippen LogP contribution in [0.2, 0.25) is 0 Å². The molecule has 0 fully saturated rings. The van der Waals surface area contributed by atoms with Crippen molar-refractivity contribution in [3.8, 4) is 0 Å². The first-order valence-corrected chi connectivity index (χ1v) is 11.2. The predicted octanol–water partition coefficient (Wildman–Crippen LogP) is 3.85. The van der Waals surface area contributed by atoms with Crippen LogP contribution in [0.15, 0.2) is 59.6 Å². The molecule has 1 N–H and O–H groups in total. The number of nitrogens with zero attached hydrogens (tertiary/aromatic N) is 2. The number of hydrogen-bond donors (Lipinski definition) is 1. The second-order valence-corrected chi connectivity index (χ2v) is 9.66. The quantitative estimate of drug-likeness (QED) is 0.705. The van der Waals surface area contributed by atoms with Crippen molar-refractivity contribution < 1.29 is 13.2 Å². The first-order chi connectivity index (χ1) is 13.4. The Bertz CT molecular complexity index is 1140. The lowest BCUT2D eigenvalue weighted by atomic mass is 10.0. The summed E-state index contributed by atoms with van der Waals surface area (Å²) >= 11 is 1.37. The molecule has 2 aromatic carbocycles. The average Bonchev–Trinajstić information content (AvgIpc) is 3.12. The van der Waals surface area contributed by atoms with Crippen LogP contribution in [0.4, 0.5) is 10.8 Å². The summed E-state index contributed by atoms with van der Waals surface area (Å²) in [5.41, 5.74) is 2.01. The maximum Gasteiger partial charge on any atom is 0.264 e. The van der Waals surface area contributed by atoms with Crippen molar-refractivity contribution in [1.82, 2.24) is 4.98 Å². The highest BCUT2D eigenvalue weighted by Crippen LogP contribution is 2.32. The van der Waals surface area contributed by atoms with Crippen LogP contribution in [0.3, 0.4) is 0 Å². The second kappa shape index (κ2) is 7.37. The number of anilines is 2. The molecule has 0 spiro atoms. The highest BCUT2D eigenvalue weighted by Gasteiger charge is 2.29. The topological polar surface area (TPSA) is 79.4 Å². The third-order valence-corrected chi connectivity index (χ3v) is 7.23. The molecule has 144 valence electrons. The van der Waals surface area contributed by atoms with E-state index in [0.29, 0.717) is 17.4 Å². The Kier molecular flexibility index (Phi) is 4.91. The molecule has 1 aliphatic heterocycles. The van der Waals surface area contributed by atoms with E-state index in [9.17, 15) is 13.2 Å². The van der Waals surface area contributed by atoms with E-state index >= 15 is 0 Å². The van der Waals surface area contributed by atoms with Gasteiger partial charge in [0, 0.05) is 23.2 Å². The summed E-state index contributed by atoms with van der Waals surface area (Å²) in [5.74, 6) is -0.384. The molecule has 0 unspecified atom stereocenters. The largest absolute Gasteiger partial charge is 0.298 e. The zero-order chi connectivity index (χ0) is 19.7. The number of benzene rings is 2. The lowest BCUT2D eigenvalue weighted by Gasteiger charge is -2.30. The molecule has 6 nitrogen and oxygen atoms in total. The van der Waals surface area contributed by atoms with Crippen molar-refractivity contribution in [3.63, 3.8) is 0 Å². The Balaban J connectivity index is 1.64. The standard InChI is InChI=1S/C20H19N3O3S2/c1-14-13-21-20(27-14)22-19(24)16-7-4-9-17(12-16)28(25,26)23-11-5-8-15-6-2-3-10-18(15)23/h2-4,6-7,9-10,12-13H,5,8,11H2,1H3,(H,21,22,24). The molecular formula is C20H19N3O3S2. The number of carbonyl (C=O) groups is 1. The smallest absolute Gasteiger partial charge is 0.264 e. The van der Waals surface area contributed by atoms with Gasteiger partial charge in [-0.15, -0.1) is 11.3 Å². The number of aromatic nitrogens is 1. The lowest BCUT2D eigenvalue weighted by molar-refractivity contribution is 0.102. The Morgan fingerprint density at radius 3 is 2.79 bits per heavy atom. The number of carbonyl (C=O) groups excluding carboxylic acids is 1. The fraction of sp³-hybridized carbons (Fsp3) is 0.200. The number of rotatable bonds is 4. The molecule has 0 radical (unpaired) electrons. The maximum absolute atomic E-state index is 13.3. The van der Waals surface area contributed by atoms with Crippen LogP contribution in [-0.2, 0) is 16.4 Å². The molecule has 28 heavy (non-hydrogen) atoms. The summed E-state index contributed by atoms with van der Waals surface area (Å²) in [6, 6.07) is 13.7. The van der Waals surface area contributed by atoms with E-state index in [1.807, 2.05) is 31.2 Å². The molecule has 1 amide bonds. The summed E-state index contributed by atoms with van der Waals surface area (Å²) in [5, 5.41) is 3.20. The van der Waals surface area contributed by atoms with Crippen molar-refractivity contribution in [3.05, 3.63) is 70.7 Å². The lowest BCUT2D eigenvalue weighted by Crippen LogP contribution is -2.35. The van der Waals surface area contributed by atoms with Crippen LogP contribution in [0, 0.1) is 6.92 Å². The van der Waals surface area contributed by atoms with Gasteiger partial charge in [0.2, 0.25) is 0 Å². The van der Waals surface area contributed by atoms with E-state index in [1.54, 1.807) is 18.3 Å². The van der Waals surface area contributed by atoms with Crippen molar-refractivity contribution in [2.24, 2.45) is 0 Å². The number of thiazole rings is 1. The van der Waals surface area contributed by atoms with Crippen LogP contribution in [0.5, 0.6) is 0 Å². The number of para-hydroxylation sites is 1. The van der Waals surface area contributed by atoms with Gasteiger partial charge in [0.15, 0.2) is 5.13 Å². The van der Waals surface area contributed by atoms with Gasteiger partial charge in [-0.3, -0.25) is 14.4 Å². The van der Waals surface area contributed by atoms with E-state index in [0.717, 1.165) is 23.3 Å². The van der Waals surface area contributed by atoms with Gasteiger partial charge in [0.05, 0.1) is 10.6 Å². The van der Waals surface area contributed by atoms with E-state index in [1.165, 1.54) is 27.8 Å². The van der Waals surface area contributed by atoms with Gasteiger partial charge < -0.3 is 0 Å². The molecule has 4 rings (SSSR count). The van der Waals surface area contributed by atoms with Gasteiger partial charge >= 0.3 is 0 Å². The van der Waals surface area contributed by atoms with Crippen molar-refractivity contribution in [2.75, 3.05) is 16.2 Å². The predicted molar refractivity (Wildman–Crippen MR) is 111 cm³/mol. The van der Waals surface area contributed by atoms with Crippen molar-refractivity contribution in [2.45, 2.75) is 24.7 Å². The number of fused-ring (bicyclic) bond motifs is 1. The zero-order valence-electron chi connectivity index (χ0n) is 15.3. The number of sulfonamides is 1. The van der Waals surface area contributed by atoms with Crippen molar-refractivity contribution in [1.29, 1.82) is 0 Å². The molecule has 0 bridgehead atoms. The van der Waals surface area contributed by atoms with Gasteiger partial charge in [-0.05, 0) is 49.6 Å². The van der Waals surface area contributed by atoms with Crippen LogP contribution in [0.1, 0.15) is 27.2 Å². The minimum absolute atomic E-state index is 0.104. The molecule has 0 atom stereocenters. The Hall–Kier alpha value is -2.71. The Morgan fingerprint density at radius 1 is 1.18 bits per heavy atom. The monoisotopic (exact) mass is 413 g/mol. The molecule has 3 aromatic rings. The Labute approximate surface area is 167 Å².